The van der Waals surface area contributed by atoms with Gasteiger partial charge in [0.2, 0.25) is 0 Å². The van der Waals surface area contributed by atoms with Crippen LogP contribution in [0.4, 0.5) is 0 Å². The fourth-order valence-electron chi connectivity index (χ4n) is 13.5. The minimum Gasteiger partial charge on any atom is -0.0654 e. The van der Waals surface area contributed by atoms with Crippen molar-refractivity contribution in [2.24, 2.45) is 0 Å². The predicted octanol–water partition coefficient (Wildman–Crippen LogP) is 29.0. The van der Waals surface area contributed by atoms with Gasteiger partial charge in [0.25, 0.3) is 0 Å². The minimum absolute atomic E-state index is 1.23. The molecule has 0 unspecified atom stereocenters. The van der Waals surface area contributed by atoms with Crippen LogP contribution in [0.15, 0.2) is 0 Å². The normalized spacial score (nSPS) is 12.2. The summed E-state index contributed by atoms with van der Waals surface area (Å²) in [7, 11) is -1.23. The molecule has 0 saturated heterocycles. The second kappa shape index (κ2) is 69.7. The van der Waals surface area contributed by atoms with Crippen molar-refractivity contribution >= 4 is 7.26 Å². The van der Waals surface area contributed by atoms with Crippen LogP contribution < -0.4 is 0 Å². The van der Waals surface area contributed by atoms with Gasteiger partial charge in [0.15, 0.2) is 0 Å². The summed E-state index contributed by atoms with van der Waals surface area (Å²) in [6.45, 7) is 9.34. The molecule has 0 rings (SSSR count). The van der Waals surface area contributed by atoms with E-state index in [-0.39, 0.29) is 0 Å². The zero-order valence-corrected chi connectivity index (χ0v) is 55.7. The van der Waals surface area contributed by atoms with Crippen molar-refractivity contribution in [2.45, 2.75) is 458 Å². The Hall–Kier alpha value is 0.430. The third kappa shape index (κ3) is 63.6. The Morgan fingerprint density at radius 2 is 0.184 bits per heavy atom. The maximum absolute atomic E-state index is 2.34. The molecule has 0 atom stereocenters. The second-order valence-corrected chi connectivity index (χ2v) is 31.8. The van der Waals surface area contributed by atoms with Gasteiger partial charge in [0.05, 0.1) is 0 Å². The molecule has 0 amide bonds. The smallest absolute Gasteiger partial charge is 0.0654 e. The molecule has 0 aliphatic carbocycles. The van der Waals surface area contributed by atoms with E-state index in [4.69, 9.17) is 0 Å². The van der Waals surface area contributed by atoms with Gasteiger partial charge in [-0.05, 0) is 0 Å². The number of rotatable bonds is 71. The Morgan fingerprint density at radius 3 is 0.276 bits per heavy atom. The van der Waals surface area contributed by atoms with Crippen molar-refractivity contribution in [1.29, 1.82) is 0 Å². The second-order valence-electron chi connectivity index (χ2n) is 26.8. The average Bonchev–Trinajstić information content (AvgIpc) is 3.43. The summed E-state index contributed by atoms with van der Waals surface area (Å²) in [5.41, 5.74) is 0. The molecule has 1 heteroatoms. The van der Waals surface area contributed by atoms with E-state index in [1.165, 1.54) is 379 Å². The molecule has 0 bridgehead atoms. The first-order valence-corrected chi connectivity index (χ1v) is 40.6. The van der Waals surface area contributed by atoms with E-state index in [0.29, 0.717) is 0 Å². The van der Waals surface area contributed by atoms with Crippen LogP contribution in [0.25, 0.3) is 0 Å². The quantitative estimate of drug-likeness (QED) is 0.0421. The molecule has 0 nitrogen and oxygen atoms in total. The first-order valence-electron chi connectivity index (χ1n) is 37.7. The molecule has 0 spiro atoms. The van der Waals surface area contributed by atoms with Gasteiger partial charge in [-0.2, -0.15) is 0 Å². The van der Waals surface area contributed by atoms with E-state index in [9.17, 15) is 0 Å². The topological polar surface area (TPSA) is 0 Å². The molecule has 0 fully saturated rings. The minimum atomic E-state index is -1.23. The molecule has 0 aromatic rings. The van der Waals surface area contributed by atoms with Crippen molar-refractivity contribution in [3.8, 4) is 0 Å². The number of unbranched alkanes of at least 4 members (excludes halogenated alkanes) is 63. The van der Waals surface area contributed by atoms with E-state index in [0.717, 1.165) is 0 Å². The SMILES string of the molecule is CCCCCCCCCCCCCCCCCCC[PH](CCCCCCCCCCCCCCCCCC)(CCCCCCCCCCCCCCCCCCC)CCCCCCCCCCCCCCCCCCC. The fourth-order valence-corrected chi connectivity index (χ4v) is 19.0. The van der Waals surface area contributed by atoms with Crippen molar-refractivity contribution in [3.05, 3.63) is 0 Å². The van der Waals surface area contributed by atoms with E-state index < -0.39 is 7.26 Å². The molecule has 0 aromatic carbocycles. The third-order valence-corrected chi connectivity index (χ3v) is 24.6. The summed E-state index contributed by atoms with van der Waals surface area (Å²) >= 11 is 0. The molecule has 0 N–H and O–H groups in total. The molecule has 0 aliphatic rings. The Kier molecular flexibility index (Phi) is 70.1. The third-order valence-electron chi connectivity index (χ3n) is 19.0. The van der Waals surface area contributed by atoms with Crippen LogP contribution in [-0.2, 0) is 0 Å². The molecular formula is C75H155P. The Bertz CT molecular complexity index is 878. The zero-order chi connectivity index (χ0) is 54.7. The van der Waals surface area contributed by atoms with Crippen LogP contribution in [0.3, 0.4) is 0 Å². The van der Waals surface area contributed by atoms with E-state index in [2.05, 4.69) is 27.7 Å². The van der Waals surface area contributed by atoms with Gasteiger partial charge in [0, 0.05) is 0 Å². The molecular weight excluding hydrogens is 932 g/mol. The van der Waals surface area contributed by atoms with Crippen molar-refractivity contribution < 1.29 is 0 Å². The molecule has 0 radical (unpaired) electrons. The first-order chi connectivity index (χ1) is 37.7. The van der Waals surface area contributed by atoms with Crippen LogP contribution >= 0.6 is 7.26 Å². The monoisotopic (exact) mass is 1090 g/mol. The predicted molar refractivity (Wildman–Crippen MR) is 360 cm³/mol. The molecule has 0 saturated carbocycles. The number of hydrogen-bond donors (Lipinski definition) is 0. The van der Waals surface area contributed by atoms with Gasteiger partial charge in [0.1, 0.15) is 0 Å². The van der Waals surface area contributed by atoms with Gasteiger partial charge in [-0.3, -0.25) is 0 Å². The van der Waals surface area contributed by atoms with Gasteiger partial charge < -0.3 is 0 Å². The van der Waals surface area contributed by atoms with Gasteiger partial charge in [-0.1, -0.05) is 175 Å². The van der Waals surface area contributed by atoms with Gasteiger partial charge in [-0.15, -0.1) is 0 Å². The van der Waals surface area contributed by atoms with Crippen LogP contribution in [-0.4, -0.2) is 24.6 Å². The van der Waals surface area contributed by atoms with Crippen LogP contribution in [0.1, 0.15) is 458 Å². The van der Waals surface area contributed by atoms with E-state index in [1.807, 2.05) is 0 Å². The van der Waals surface area contributed by atoms with Gasteiger partial charge >= 0.3 is 314 Å². The fraction of sp³-hybridized carbons (Fsp3) is 1.00. The molecule has 76 heavy (non-hydrogen) atoms. The average molecular weight is 1090 g/mol. The summed E-state index contributed by atoms with van der Waals surface area (Å²) in [5, 5.41) is 0. The molecule has 0 aliphatic heterocycles. The summed E-state index contributed by atoms with van der Waals surface area (Å²) in [6.07, 6.45) is 107. The Labute approximate surface area is 487 Å². The molecule has 460 valence electrons. The van der Waals surface area contributed by atoms with Crippen molar-refractivity contribution in [1.82, 2.24) is 0 Å². The zero-order valence-electron chi connectivity index (χ0n) is 54.7. The van der Waals surface area contributed by atoms with Crippen molar-refractivity contribution in [2.75, 3.05) is 24.6 Å². The first kappa shape index (κ1) is 76.4. The molecule has 0 heterocycles. The van der Waals surface area contributed by atoms with E-state index >= 15 is 0 Å². The maximum atomic E-state index is 2.34. The van der Waals surface area contributed by atoms with Crippen LogP contribution in [0.2, 0.25) is 0 Å². The summed E-state index contributed by atoms with van der Waals surface area (Å²) in [6, 6.07) is 0. The van der Waals surface area contributed by atoms with Gasteiger partial charge in [-0.25, -0.2) is 0 Å². The molecule has 0 aromatic heterocycles. The Balaban J connectivity index is 4.96. The Morgan fingerprint density at radius 1 is 0.105 bits per heavy atom. The van der Waals surface area contributed by atoms with E-state index in [1.54, 1.807) is 76.0 Å². The summed E-state index contributed by atoms with van der Waals surface area (Å²) < 4.78 is 0. The standard InChI is InChI=1S/C75H155P/c1-5-9-13-17-21-25-29-33-37-41-45-49-53-57-61-65-69-73-76(72-68-64-60-56-52-48-44-40-36-32-28-24-20-16-12-8-4,74-70-66-62-58-54-50-46-42-38-34-30-26-22-18-14-10-6-2)75-71-67-63-59-55-51-47-43-39-35-31-27-23-19-15-11-7-3/h76H,5-75H2,1-4H3. The number of hydrogen-bond acceptors (Lipinski definition) is 0. The summed E-state index contributed by atoms with van der Waals surface area (Å²) in [5.74, 6) is 0. The van der Waals surface area contributed by atoms with Crippen LogP contribution in [0.5, 0.6) is 0 Å². The van der Waals surface area contributed by atoms with Crippen molar-refractivity contribution in [3.63, 3.8) is 0 Å². The van der Waals surface area contributed by atoms with Crippen LogP contribution in [0, 0.1) is 0 Å². The summed E-state index contributed by atoms with van der Waals surface area (Å²) in [4.78, 5) is 0.